The average molecular weight is 358 g/mol. The van der Waals surface area contributed by atoms with E-state index in [0.29, 0.717) is 17.7 Å². The summed E-state index contributed by atoms with van der Waals surface area (Å²) in [6.45, 7) is 0.364. The van der Waals surface area contributed by atoms with Gasteiger partial charge in [-0.2, -0.15) is 0 Å². The second kappa shape index (κ2) is 8.32. The van der Waals surface area contributed by atoms with E-state index in [4.69, 9.17) is 0 Å². The number of hydrogen-bond acceptors (Lipinski definition) is 2. The normalized spacial score (nSPS) is 10.3. The minimum absolute atomic E-state index is 0.0567. The van der Waals surface area contributed by atoms with Gasteiger partial charge in [0.05, 0.1) is 0 Å². The SMILES string of the molecule is CN(C)C(=O)c1cccc(CNC(=O)c2cccc(-c3ccccc3)c2)c1. The van der Waals surface area contributed by atoms with Gasteiger partial charge in [-0.05, 0) is 41.0 Å². The van der Waals surface area contributed by atoms with Gasteiger partial charge in [-0.15, -0.1) is 0 Å². The summed E-state index contributed by atoms with van der Waals surface area (Å²) in [6, 6.07) is 24.8. The molecule has 4 heteroatoms. The fourth-order valence-corrected chi connectivity index (χ4v) is 2.83. The Bertz CT molecular complexity index is 949. The van der Waals surface area contributed by atoms with Crippen molar-refractivity contribution in [2.24, 2.45) is 0 Å². The molecule has 3 aromatic rings. The van der Waals surface area contributed by atoms with Crippen LogP contribution in [0.25, 0.3) is 11.1 Å². The molecule has 0 aromatic heterocycles. The molecule has 0 saturated heterocycles. The van der Waals surface area contributed by atoms with Gasteiger partial charge in [-0.1, -0.05) is 54.6 Å². The molecule has 3 rings (SSSR count). The summed E-state index contributed by atoms with van der Waals surface area (Å²) in [5, 5.41) is 2.93. The highest BCUT2D eigenvalue weighted by atomic mass is 16.2. The molecule has 2 amide bonds. The van der Waals surface area contributed by atoms with Crippen molar-refractivity contribution in [2.75, 3.05) is 14.1 Å². The summed E-state index contributed by atoms with van der Waals surface area (Å²) in [4.78, 5) is 26.1. The molecule has 0 unspecified atom stereocenters. The number of carbonyl (C=O) groups is 2. The highest BCUT2D eigenvalue weighted by Crippen LogP contribution is 2.20. The first-order valence-electron chi connectivity index (χ1n) is 8.79. The lowest BCUT2D eigenvalue weighted by atomic mass is 10.0. The van der Waals surface area contributed by atoms with Crippen LogP contribution in [0, 0.1) is 0 Å². The second-order valence-corrected chi connectivity index (χ2v) is 6.53. The predicted octanol–water partition coefficient (Wildman–Crippen LogP) is 3.99. The van der Waals surface area contributed by atoms with E-state index >= 15 is 0 Å². The molecule has 0 fully saturated rings. The molecule has 0 heterocycles. The van der Waals surface area contributed by atoms with Crippen LogP contribution < -0.4 is 5.32 Å². The number of carbonyl (C=O) groups excluding carboxylic acids is 2. The van der Waals surface area contributed by atoms with Gasteiger partial charge in [0.15, 0.2) is 0 Å². The van der Waals surface area contributed by atoms with Gasteiger partial charge >= 0.3 is 0 Å². The number of amides is 2. The van der Waals surface area contributed by atoms with Gasteiger partial charge < -0.3 is 10.2 Å². The lowest BCUT2D eigenvalue weighted by Gasteiger charge is -2.12. The van der Waals surface area contributed by atoms with Gasteiger partial charge in [0.25, 0.3) is 11.8 Å². The Labute approximate surface area is 159 Å². The molecule has 0 spiro atoms. The Hall–Kier alpha value is -3.40. The maximum atomic E-state index is 12.5. The Kier molecular flexibility index (Phi) is 5.67. The van der Waals surface area contributed by atoms with Crippen molar-refractivity contribution in [1.82, 2.24) is 10.2 Å². The van der Waals surface area contributed by atoms with Gasteiger partial charge in [0, 0.05) is 31.8 Å². The van der Waals surface area contributed by atoms with E-state index in [9.17, 15) is 9.59 Å². The second-order valence-electron chi connectivity index (χ2n) is 6.53. The van der Waals surface area contributed by atoms with E-state index in [2.05, 4.69) is 5.32 Å². The zero-order valence-corrected chi connectivity index (χ0v) is 15.5. The molecule has 0 radical (unpaired) electrons. The molecular weight excluding hydrogens is 336 g/mol. The third-order valence-electron chi connectivity index (χ3n) is 4.27. The van der Waals surface area contributed by atoms with Crippen LogP contribution in [0.15, 0.2) is 78.9 Å². The van der Waals surface area contributed by atoms with Crippen molar-refractivity contribution in [3.05, 3.63) is 95.6 Å². The third-order valence-corrected chi connectivity index (χ3v) is 4.27. The van der Waals surface area contributed by atoms with Gasteiger partial charge in [0.1, 0.15) is 0 Å². The van der Waals surface area contributed by atoms with Crippen LogP contribution in [-0.4, -0.2) is 30.8 Å². The fraction of sp³-hybridized carbons (Fsp3) is 0.130. The van der Waals surface area contributed by atoms with Crippen molar-refractivity contribution >= 4 is 11.8 Å². The number of hydrogen-bond donors (Lipinski definition) is 1. The molecule has 136 valence electrons. The van der Waals surface area contributed by atoms with E-state index in [1.165, 1.54) is 4.90 Å². The smallest absolute Gasteiger partial charge is 0.253 e. The Morgan fingerprint density at radius 2 is 1.44 bits per heavy atom. The average Bonchev–Trinajstić information content (AvgIpc) is 2.72. The summed E-state index contributed by atoms with van der Waals surface area (Å²) >= 11 is 0. The van der Waals surface area contributed by atoms with E-state index in [1.54, 1.807) is 26.2 Å². The molecule has 0 bridgehead atoms. The number of benzene rings is 3. The van der Waals surface area contributed by atoms with Crippen LogP contribution in [0.1, 0.15) is 26.3 Å². The fourth-order valence-electron chi connectivity index (χ4n) is 2.83. The summed E-state index contributed by atoms with van der Waals surface area (Å²) in [5.74, 6) is -0.198. The highest BCUT2D eigenvalue weighted by molar-refractivity contribution is 5.96. The van der Waals surface area contributed by atoms with Crippen LogP contribution in [0.4, 0.5) is 0 Å². The van der Waals surface area contributed by atoms with Crippen molar-refractivity contribution in [3.63, 3.8) is 0 Å². The topological polar surface area (TPSA) is 49.4 Å². The van der Waals surface area contributed by atoms with E-state index in [1.807, 2.05) is 66.7 Å². The lowest BCUT2D eigenvalue weighted by molar-refractivity contribution is 0.0827. The number of nitrogens with one attached hydrogen (secondary N) is 1. The van der Waals surface area contributed by atoms with Gasteiger partial charge in [-0.3, -0.25) is 9.59 Å². The zero-order chi connectivity index (χ0) is 19.2. The van der Waals surface area contributed by atoms with E-state index < -0.39 is 0 Å². The summed E-state index contributed by atoms with van der Waals surface area (Å²) in [7, 11) is 3.44. The molecule has 4 nitrogen and oxygen atoms in total. The minimum Gasteiger partial charge on any atom is -0.348 e. The monoisotopic (exact) mass is 358 g/mol. The van der Waals surface area contributed by atoms with Crippen LogP contribution in [0.3, 0.4) is 0 Å². The zero-order valence-electron chi connectivity index (χ0n) is 15.5. The third kappa shape index (κ3) is 4.61. The van der Waals surface area contributed by atoms with Gasteiger partial charge in [-0.25, -0.2) is 0 Å². The highest BCUT2D eigenvalue weighted by Gasteiger charge is 2.10. The van der Waals surface area contributed by atoms with Crippen molar-refractivity contribution in [3.8, 4) is 11.1 Å². The summed E-state index contributed by atoms with van der Waals surface area (Å²) in [5.41, 5.74) is 4.17. The molecule has 0 saturated carbocycles. The molecule has 0 aliphatic rings. The quantitative estimate of drug-likeness (QED) is 0.750. The van der Waals surface area contributed by atoms with E-state index in [0.717, 1.165) is 16.7 Å². The van der Waals surface area contributed by atoms with Crippen LogP contribution in [0.2, 0.25) is 0 Å². The van der Waals surface area contributed by atoms with Crippen LogP contribution >= 0.6 is 0 Å². The molecule has 0 aliphatic carbocycles. The Morgan fingerprint density at radius 3 is 2.19 bits per heavy atom. The first-order chi connectivity index (χ1) is 13.0. The minimum atomic E-state index is -0.142. The first-order valence-corrected chi connectivity index (χ1v) is 8.79. The molecule has 27 heavy (non-hydrogen) atoms. The van der Waals surface area contributed by atoms with Crippen molar-refractivity contribution in [2.45, 2.75) is 6.54 Å². The maximum absolute atomic E-state index is 12.5. The lowest BCUT2D eigenvalue weighted by Crippen LogP contribution is -2.24. The maximum Gasteiger partial charge on any atom is 0.253 e. The largest absolute Gasteiger partial charge is 0.348 e. The summed E-state index contributed by atoms with van der Waals surface area (Å²) < 4.78 is 0. The Morgan fingerprint density at radius 1 is 0.778 bits per heavy atom. The van der Waals surface area contributed by atoms with Crippen molar-refractivity contribution < 1.29 is 9.59 Å². The number of nitrogens with zero attached hydrogens (tertiary/aromatic N) is 1. The first kappa shape index (κ1) is 18.4. The standard InChI is InChI=1S/C23H22N2O2/c1-25(2)23(27)21-13-6-8-17(14-21)16-24-22(26)20-12-7-11-19(15-20)18-9-4-3-5-10-18/h3-15H,16H2,1-2H3,(H,24,26). The molecular formula is C23H22N2O2. The summed E-state index contributed by atoms with van der Waals surface area (Å²) in [6.07, 6.45) is 0. The van der Waals surface area contributed by atoms with Gasteiger partial charge in [0.2, 0.25) is 0 Å². The molecule has 3 aromatic carbocycles. The van der Waals surface area contributed by atoms with E-state index in [-0.39, 0.29) is 11.8 Å². The molecule has 0 aliphatic heterocycles. The molecule has 0 atom stereocenters. The van der Waals surface area contributed by atoms with Crippen LogP contribution in [-0.2, 0) is 6.54 Å². The predicted molar refractivity (Wildman–Crippen MR) is 108 cm³/mol. The molecule has 1 N–H and O–H groups in total. The van der Waals surface area contributed by atoms with Crippen LogP contribution in [0.5, 0.6) is 0 Å². The Balaban J connectivity index is 1.70. The number of rotatable bonds is 5. The van der Waals surface area contributed by atoms with Crippen molar-refractivity contribution in [1.29, 1.82) is 0 Å².